The molecule has 0 spiro atoms. The van der Waals surface area contributed by atoms with Crippen LogP contribution >= 0.6 is 0 Å². The summed E-state index contributed by atoms with van der Waals surface area (Å²) in [5.41, 5.74) is 0. The zero-order chi connectivity index (χ0) is 16.6. The van der Waals surface area contributed by atoms with Crippen LogP contribution < -0.4 is 0 Å². The summed E-state index contributed by atoms with van der Waals surface area (Å²) in [5.74, 6) is 0. The van der Waals surface area contributed by atoms with Gasteiger partial charge in [-0.2, -0.15) is 0 Å². The third-order valence-corrected chi connectivity index (χ3v) is 4.95. The summed E-state index contributed by atoms with van der Waals surface area (Å²) in [6.07, 6.45) is 24.4. The first-order valence-corrected chi connectivity index (χ1v) is 10.5. The Bertz CT molecular complexity index is 275. The highest BCUT2D eigenvalue weighted by molar-refractivity contribution is 4.90. The number of nitrogens with zero attached hydrogens (tertiary/aromatic N) is 2. The Labute approximate surface area is 146 Å². The van der Waals surface area contributed by atoms with Crippen LogP contribution in [-0.4, -0.2) is 29.6 Å². The van der Waals surface area contributed by atoms with Crippen molar-refractivity contribution < 1.29 is 0 Å². The highest BCUT2D eigenvalue weighted by Crippen LogP contribution is 2.13. The smallest absolute Gasteiger partial charge is 0.0893 e. The van der Waals surface area contributed by atoms with Crippen molar-refractivity contribution in [3.63, 3.8) is 0 Å². The lowest BCUT2D eigenvalue weighted by molar-refractivity contribution is 0.258. The Balaban J connectivity index is 1.78. The molecule has 0 saturated heterocycles. The molecule has 1 aliphatic rings. The first-order valence-electron chi connectivity index (χ1n) is 10.5. The number of rotatable bonds is 16. The van der Waals surface area contributed by atoms with Crippen LogP contribution in [0.5, 0.6) is 0 Å². The Hall–Kier alpha value is -0.660. The van der Waals surface area contributed by atoms with Gasteiger partial charge in [0.2, 0.25) is 0 Å². The fourth-order valence-electron chi connectivity index (χ4n) is 3.32. The summed E-state index contributed by atoms with van der Waals surface area (Å²) >= 11 is 0. The fraction of sp³-hybridized carbons (Fsp3) is 0.905. The first-order chi connectivity index (χ1) is 11.4. The Morgan fingerprint density at radius 3 is 1.39 bits per heavy atom. The Morgan fingerprint density at radius 2 is 0.913 bits per heavy atom. The maximum Gasteiger partial charge on any atom is 0.0893 e. The maximum atomic E-state index is 2.48. The minimum Gasteiger partial charge on any atom is -0.359 e. The molecular formula is C21H42N2. The van der Waals surface area contributed by atoms with Gasteiger partial charge in [0.1, 0.15) is 0 Å². The van der Waals surface area contributed by atoms with E-state index in [0.717, 1.165) is 6.67 Å². The van der Waals surface area contributed by atoms with Gasteiger partial charge in [0.05, 0.1) is 6.67 Å². The predicted molar refractivity (Wildman–Crippen MR) is 103 cm³/mol. The second-order valence-corrected chi connectivity index (χ2v) is 7.31. The Kier molecular flexibility index (Phi) is 13.2. The van der Waals surface area contributed by atoms with Gasteiger partial charge in [0.15, 0.2) is 0 Å². The van der Waals surface area contributed by atoms with E-state index in [4.69, 9.17) is 0 Å². The lowest BCUT2D eigenvalue weighted by Crippen LogP contribution is -2.26. The number of hydrogen-bond acceptors (Lipinski definition) is 2. The molecule has 136 valence electrons. The summed E-state index contributed by atoms with van der Waals surface area (Å²) in [6.45, 7) is 8.16. The van der Waals surface area contributed by atoms with Gasteiger partial charge in [-0.3, -0.25) is 0 Å². The van der Waals surface area contributed by atoms with Gasteiger partial charge < -0.3 is 9.80 Å². The van der Waals surface area contributed by atoms with Crippen LogP contribution in [0.4, 0.5) is 0 Å². The fourth-order valence-corrected chi connectivity index (χ4v) is 3.32. The van der Waals surface area contributed by atoms with Gasteiger partial charge in [-0.05, 0) is 12.8 Å². The van der Waals surface area contributed by atoms with Crippen molar-refractivity contribution >= 4 is 0 Å². The molecule has 1 aliphatic heterocycles. The molecule has 23 heavy (non-hydrogen) atoms. The summed E-state index contributed by atoms with van der Waals surface area (Å²) in [7, 11) is 0. The van der Waals surface area contributed by atoms with Crippen molar-refractivity contribution in [1.29, 1.82) is 0 Å². The molecule has 0 atom stereocenters. The largest absolute Gasteiger partial charge is 0.359 e. The van der Waals surface area contributed by atoms with Crippen molar-refractivity contribution in [2.24, 2.45) is 0 Å². The predicted octanol–water partition coefficient (Wildman–Crippen LogP) is 6.53. The summed E-state index contributed by atoms with van der Waals surface area (Å²) in [6, 6.07) is 0. The van der Waals surface area contributed by atoms with E-state index in [1.807, 2.05) is 0 Å². The molecule has 0 aliphatic carbocycles. The lowest BCUT2D eigenvalue weighted by Gasteiger charge is -2.21. The third-order valence-electron chi connectivity index (χ3n) is 4.95. The van der Waals surface area contributed by atoms with Crippen molar-refractivity contribution in [3.05, 3.63) is 12.4 Å². The molecule has 0 aromatic carbocycles. The topological polar surface area (TPSA) is 6.48 Å². The molecule has 0 radical (unpaired) electrons. The van der Waals surface area contributed by atoms with Crippen molar-refractivity contribution in [1.82, 2.24) is 9.80 Å². The molecule has 0 aromatic heterocycles. The quantitative estimate of drug-likeness (QED) is 0.298. The zero-order valence-electron chi connectivity index (χ0n) is 16.1. The van der Waals surface area contributed by atoms with Gasteiger partial charge in [-0.25, -0.2) is 0 Å². The molecule has 2 heteroatoms. The molecule has 0 saturated carbocycles. The summed E-state index contributed by atoms with van der Waals surface area (Å²) in [4.78, 5) is 4.93. The van der Waals surface area contributed by atoms with E-state index < -0.39 is 0 Å². The van der Waals surface area contributed by atoms with E-state index in [1.165, 1.54) is 103 Å². The second kappa shape index (κ2) is 14.9. The molecule has 0 amide bonds. The standard InChI is InChI=1S/C21H42N2/c1-3-5-7-8-9-10-11-12-13-14-15-16-18-23-20-19-22(21-23)17-6-4-2/h19-20H,3-18,21H2,1-2H3. The van der Waals surface area contributed by atoms with Gasteiger partial charge in [-0.15, -0.1) is 0 Å². The monoisotopic (exact) mass is 322 g/mol. The average molecular weight is 323 g/mol. The zero-order valence-corrected chi connectivity index (χ0v) is 16.1. The van der Waals surface area contributed by atoms with Crippen LogP contribution in [0.25, 0.3) is 0 Å². The highest BCUT2D eigenvalue weighted by atomic mass is 15.3. The maximum absolute atomic E-state index is 2.48. The van der Waals surface area contributed by atoms with Crippen LogP contribution in [0.2, 0.25) is 0 Å². The number of unbranched alkanes of at least 4 members (excludes halogenated alkanes) is 12. The van der Waals surface area contributed by atoms with Gasteiger partial charge in [0, 0.05) is 25.5 Å². The SMILES string of the molecule is CCCCCCCCCCCCCCN1C=CN(CCCC)C1. The van der Waals surface area contributed by atoms with Gasteiger partial charge in [-0.1, -0.05) is 90.9 Å². The van der Waals surface area contributed by atoms with Crippen molar-refractivity contribution in [2.75, 3.05) is 19.8 Å². The lowest BCUT2D eigenvalue weighted by atomic mass is 10.1. The summed E-state index contributed by atoms with van der Waals surface area (Å²) < 4.78 is 0. The molecule has 0 N–H and O–H groups in total. The normalized spacial score (nSPS) is 14.2. The van der Waals surface area contributed by atoms with Crippen LogP contribution in [-0.2, 0) is 0 Å². The molecule has 0 bridgehead atoms. The van der Waals surface area contributed by atoms with E-state index in [9.17, 15) is 0 Å². The van der Waals surface area contributed by atoms with Crippen LogP contribution in [0.3, 0.4) is 0 Å². The van der Waals surface area contributed by atoms with Crippen molar-refractivity contribution in [3.8, 4) is 0 Å². The van der Waals surface area contributed by atoms with Gasteiger partial charge >= 0.3 is 0 Å². The third kappa shape index (κ3) is 11.5. The van der Waals surface area contributed by atoms with Crippen LogP contribution in [0.1, 0.15) is 104 Å². The van der Waals surface area contributed by atoms with E-state index in [0.29, 0.717) is 0 Å². The summed E-state index contributed by atoms with van der Waals surface area (Å²) in [5, 5.41) is 0. The van der Waals surface area contributed by atoms with E-state index >= 15 is 0 Å². The minimum absolute atomic E-state index is 1.12. The number of hydrogen-bond donors (Lipinski definition) is 0. The van der Waals surface area contributed by atoms with E-state index in [-0.39, 0.29) is 0 Å². The molecular weight excluding hydrogens is 280 g/mol. The molecule has 2 nitrogen and oxygen atoms in total. The average Bonchev–Trinajstić information content (AvgIpc) is 3.02. The Morgan fingerprint density at radius 1 is 0.522 bits per heavy atom. The van der Waals surface area contributed by atoms with Gasteiger partial charge in [0.25, 0.3) is 0 Å². The highest BCUT2D eigenvalue weighted by Gasteiger charge is 2.10. The first kappa shape index (κ1) is 20.4. The molecule has 1 heterocycles. The van der Waals surface area contributed by atoms with Crippen molar-refractivity contribution in [2.45, 2.75) is 104 Å². The molecule has 1 rings (SSSR count). The van der Waals surface area contributed by atoms with Crippen LogP contribution in [0, 0.1) is 0 Å². The van der Waals surface area contributed by atoms with E-state index in [2.05, 4.69) is 36.0 Å². The molecule has 0 aromatic rings. The second-order valence-electron chi connectivity index (χ2n) is 7.31. The minimum atomic E-state index is 1.12. The molecule has 0 fully saturated rings. The van der Waals surface area contributed by atoms with E-state index in [1.54, 1.807) is 0 Å². The molecule has 0 unspecified atom stereocenters. The van der Waals surface area contributed by atoms with Crippen LogP contribution in [0.15, 0.2) is 12.4 Å².